The van der Waals surface area contributed by atoms with E-state index in [-0.39, 0.29) is 6.61 Å². The number of esters is 1. The molecular weight excluding hydrogens is 601 g/mol. The minimum absolute atomic E-state index is 0.141. The maximum atomic E-state index is 12.4. The van der Waals surface area contributed by atoms with Crippen LogP contribution in [-0.2, 0) is 37.6 Å². The molecule has 3 N–H and O–H groups in total. The Hall–Kier alpha value is -1.94. The highest BCUT2D eigenvalue weighted by Gasteiger charge is 2.34. The van der Waals surface area contributed by atoms with E-state index in [1.165, 1.54) is 23.9 Å². The van der Waals surface area contributed by atoms with Gasteiger partial charge in [-0.05, 0) is 47.6 Å². The van der Waals surface area contributed by atoms with Crippen molar-refractivity contribution in [1.29, 1.82) is 0 Å². The number of aromatic nitrogens is 2. The molecule has 1 aliphatic rings. The number of rotatable bonds is 11. The number of carbonyl (C=O) groups excluding carboxylic acids is 3. The van der Waals surface area contributed by atoms with Gasteiger partial charge in [0.25, 0.3) is 13.9 Å². The first-order valence-corrected chi connectivity index (χ1v) is 15.7. The van der Waals surface area contributed by atoms with Crippen molar-refractivity contribution in [1.82, 2.24) is 9.55 Å². The minimum Gasteiger partial charge on any atom is -0.457 e. The van der Waals surface area contributed by atoms with Crippen LogP contribution < -0.4 is 17.0 Å². The van der Waals surface area contributed by atoms with Crippen molar-refractivity contribution in [3.63, 3.8) is 0 Å². The summed E-state index contributed by atoms with van der Waals surface area (Å²) in [5.74, 6) is -1.15. The van der Waals surface area contributed by atoms with Crippen LogP contribution in [0.15, 0.2) is 21.9 Å². The number of ether oxygens (including phenoxy) is 4. The van der Waals surface area contributed by atoms with E-state index in [1.807, 2.05) is 27.7 Å². The highest BCUT2D eigenvalue weighted by Crippen LogP contribution is 2.41. The highest BCUT2D eigenvalue weighted by molar-refractivity contribution is 8.59. The monoisotopic (exact) mass is 647 g/mol. The largest absolute Gasteiger partial charge is 0.510 e. The van der Waals surface area contributed by atoms with E-state index in [2.05, 4.69) is 34.0 Å². The van der Waals surface area contributed by atoms with Crippen LogP contribution in [0.4, 0.5) is 4.79 Å². The van der Waals surface area contributed by atoms with Crippen molar-refractivity contribution in [2.45, 2.75) is 92.8 Å². The number of nitrogens with one attached hydrogen (secondary N) is 1. The van der Waals surface area contributed by atoms with Gasteiger partial charge in [0, 0.05) is 12.3 Å². The highest BCUT2D eigenvalue weighted by atomic mass is 33.1. The number of H-pyrrole nitrogens is 1. The Labute approximate surface area is 253 Å². The fraction of sp³-hybridized carbons (Fsp3) is 0.708. The van der Waals surface area contributed by atoms with Gasteiger partial charge in [0.1, 0.15) is 6.23 Å². The lowest BCUT2D eigenvalue weighted by Gasteiger charge is -2.19. The fourth-order valence-electron chi connectivity index (χ4n) is 2.66. The van der Waals surface area contributed by atoms with E-state index in [4.69, 9.17) is 28.0 Å². The SMILES string of the molecule is CC.CC.CC(C)OC(=O)OCOP(OCC1CCC(n2ccc(=O)[nH]c2=O)O1)C(=O)C(=O)OC(C)C.CN.SS. The smallest absolute Gasteiger partial charge is 0.457 e. The van der Waals surface area contributed by atoms with Crippen LogP contribution in [-0.4, -0.2) is 66.0 Å². The topological polar surface area (TPSA) is 187 Å². The van der Waals surface area contributed by atoms with E-state index < -0.39 is 68.6 Å². The molecule has 1 aromatic rings. The minimum atomic E-state index is -2.48. The summed E-state index contributed by atoms with van der Waals surface area (Å²) in [5.41, 5.74) is 2.30. The maximum absolute atomic E-state index is 12.4. The molecule has 0 saturated carbocycles. The van der Waals surface area contributed by atoms with Gasteiger partial charge in [-0.3, -0.25) is 23.7 Å². The summed E-state index contributed by atoms with van der Waals surface area (Å²) in [5, 5.41) is 0. The van der Waals surface area contributed by atoms with E-state index in [9.17, 15) is 24.0 Å². The molecule has 1 aromatic heterocycles. The third-order valence-corrected chi connectivity index (χ3v) is 5.22. The second-order valence-corrected chi connectivity index (χ2v) is 8.86. The lowest BCUT2D eigenvalue weighted by molar-refractivity contribution is -0.154. The van der Waals surface area contributed by atoms with Crippen LogP contribution in [0.1, 0.15) is 74.5 Å². The molecule has 3 atom stereocenters. The predicted molar refractivity (Wildman–Crippen MR) is 163 cm³/mol. The first kappa shape index (κ1) is 43.5. The Kier molecular flexibility index (Phi) is 28.6. The normalized spacial score (nSPS) is 15.8. The molecule has 0 amide bonds. The van der Waals surface area contributed by atoms with Gasteiger partial charge in [-0.25, -0.2) is 14.4 Å². The summed E-state index contributed by atoms with van der Waals surface area (Å²) in [7, 11) is -0.980. The van der Waals surface area contributed by atoms with Crippen molar-refractivity contribution >= 4 is 49.3 Å². The van der Waals surface area contributed by atoms with Crippen molar-refractivity contribution in [2.24, 2.45) is 5.73 Å². The first-order valence-electron chi connectivity index (χ1n) is 13.0. The molecule has 2 rings (SSSR count). The van der Waals surface area contributed by atoms with Gasteiger partial charge in [0.2, 0.25) is 6.79 Å². The third-order valence-electron chi connectivity index (χ3n) is 3.99. The van der Waals surface area contributed by atoms with Crippen LogP contribution >= 0.6 is 31.7 Å². The van der Waals surface area contributed by atoms with E-state index >= 15 is 0 Å². The standard InChI is InChI=1S/C19H27N2O11P.2C2H6.CH5N.H2S2/c1-11(2)30-16(23)17(24)33(29-10-27-19(26)31-12(3)4)28-9-13-5-6-15(32-13)21-8-7-14(22)20-18(21)25;4*1-2/h7-8,11-13,15H,5-6,9-10H2,1-4H3,(H,20,22,25);2*1-2H3;2H2,1H3;1-2H. The number of nitrogens with zero attached hydrogens (tertiary/aromatic N) is 1. The molecule has 0 aliphatic carbocycles. The number of thiol groups is 2. The molecule has 0 aromatic carbocycles. The van der Waals surface area contributed by atoms with Crippen LogP contribution in [0.5, 0.6) is 0 Å². The van der Waals surface area contributed by atoms with E-state index in [0.29, 0.717) is 12.8 Å². The fourth-order valence-corrected chi connectivity index (χ4v) is 3.62. The second-order valence-electron chi connectivity index (χ2n) is 7.43. The molecule has 0 bridgehead atoms. The van der Waals surface area contributed by atoms with E-state index in [1.54, 1.807) is 27.7 Å². The number of aromatic amines is 1. The van der Waals surface area contributed by atoms with Crippen LogP contribution in [0.2, 0.25) is 0 Å². The molecule has 240 valence electrons. The Morgan fingerprint density at radius 3 is 2.10 bits per heavy atom. The Morgan fingerprint density at radius 2 is 1.59 bits per heavy atom. The number of hydrogen-bond acceptors (Lipinski definition) is 14. The molecule has 14 nitrogen and oxygen atoms in total. The molecule has 2 heterocycles. The molecule has 1 aliphatic heterocycles. The van der Waals surface area contributed by atoms with Gasteiger partial charge in [-0.15, -0.1) is 23.3 Å². The van der Waals surface area contributed by atoms with Crippen molar-refractivity contribution < 1.29 is 42.4 Å². The quantitative estimate of drug-likeness (QED) is 0.0678. The van der Waals surface area contributed by atoms with E-state index in [0.717, 1.165) is 0 Å². The summed E-state index contributed by atoms with van der Waals surface area (Å²) >= 11 is 6.44. The molecule has 3 unspecified atom stereocenters. The van der Waals surface area contributed by atoms with Gasteiger partial charge in [0.05, 0.1) is 24.9 Å². The third kappa shape index (κ3) is 19.0. The number of carbonyl (C=O) groups is 3. The lowest BCUT2D eigenvalue weighted by atomic mass is 10.2. The molecule has 1 saturated heterocycles. The van der Waals surface area contributed by atoms with Gasteiger partial charge >= 0.3 is 23.3 Å². The maximum Gasteiger partial charge on any atom is 0.510 e. The zero-order chi connectivity index (χ0) is 32.5. The lowest BCUT2D eigenvalue weighted by Crippen LogP contribution is -2.31. The Balaban J connectivity index is -0.00000165. The second kappa shape index (κ2) is 26.9. The average molecular weight is 648 g/mol. The van der Waals surface area contributed by atoms with Crippen LogP contribution in [0, 0.1) is 0 Å². The Bertz CT molecular complexity index is 961. The van der Waals surface area contributed by atoms with Gasteiger partial charge in [-0.1, -0.05) is 27.7 Å². The molecule has 41 heavy (non-hydrogen) atoms. The molecular formula is C24H46N3O11PS2. The van der Waals surface area contributed by atoms with Crippen molar-refractivity contribution in [2.75, 3.05) is 20.4 Å². The number of nitrogens with two attached hydrogens (primary N) is 1. The molecule has 0 spiro atoms. The molecule has 1 fully saturated rings. The summed E-state index contributed by atoms with van der Waals surface area (Å²) in [6, 6.07) is 1.20. The first-order chi connectivity index (χ1) is 19.6. The summed E-state index contributed by atoms with van der Waals surface area (Å²) < 4.78 is 32.0. The summed E-state index contributed by atoms with van der Waals surface area (Å²) in [4.78, 5) is 61.2. The van der Waals surface area contributed by atoms with Crippen LogP contribution in [0.25, 0.3) is 0 Å². The van der Waals surface area contributed by atoms with Crippen molar-refractivity contribution in [3.05, 3.63) is 33.1 Å². The number of hydrogen-bond donors (Lipinski definition) is 4. The van der Waals surface area contributed by atoms with Gasteiger partial charge in [-0.2, -0.15) is 0 Å². The average Bonchev–Trinajstić information content (AvgIpc) is 3.42. The van der Waals surface area contributed by atoms with Crippen LogP contribution in [0.3, 0.4) is 0 Å². The van der Waals surface area contributed by atoms with Crippen molar-refractivity contribution in [3.8, 4) is 0 Å². The zero-order valence-corrected chi connectivity index (χ0v) is 27.8. The van der Waals surface area contributed by atoms with Gasteiger partial charge < -0.3 is 29.2 Å². The zero-order valence-electron chi connectivity index (χ0n) is 25.1. The summed E-state index contributed by atoms with van der Waals surface area (Å²) in [6.45, 7) is 13.6. The summed E-state index contributed by atoms with van der Waals surface area (Å²) in [6.07, 6.45) is -0.873. The molecule has 0 radical (unpaired) electrons. The molecule has 17 heteroatoms. The Morgan fingerprint density at radius 1 is 1.02 bits per heavy atom. The predicted octanol–water partition coefficient (Wildman–Crippen LogP) is 3.94. The van der Waals surface area contributed by atoms with Gasteiger partial charge in [0.15, 0.2) is 0 Å².